The average Bonchev–Trinajstić information content (AvgIpc) is 2.27. The zero-order chi connectivity index (χ0) is 12.3. The first-order chi connectivity index (χ1) is 8.19. The molecule has 3 heteroatoms. The van der Waals surface area contributed by atoms with Gasteiger partial charge >= 0.3 is 0 Å². The highest BCUT2D eigenvalue weighted by Crippen LogP contribution is 2.32. The molecule has 0 spiro atoms. The molecule has 1 N–H and O–H groups in total. The molecular formula is C14H20O3. The number of hydrogen-bond acceptors (Lipinski definition) is 3. The lowest BCUT2D eigenvalue weighted by atomic mass is 9.80. The molecule has 17 heavy (non-hydrogen) atoms. The number of benzene rings is 1. The van der Waals surface area contributed by atoms with E-state index in [0.717, 1.165) is 17.7 Å². The maximum Gasteiger partial charge on any atom is 0.122 e. The van der Waals surface area contributed by atoms with E-state index in [1.54, 1.807) is 0 Å². The fourth-order valence-corrected chi connectivity index (χ4v) is 2.21. The summed E-state index contributed by atoms with van der Waals surface area (Å²) < 4.78 is 10.7. The van der Waals surface area contributed by atoms with E-state index in [1.165, 1.54) is 5.56 Å². The van der Waals surface area contributed by atoms with Crippen molar-refractivity contribution in [3.63, 3.8) is 0 Å². The first-order valence-electron chi connectivity index (χ1n) is 6.10. The SMILES string of the molecule is CCOc1ccc(CC2(CO)COC2)cc1C. The molecule has 0 bridgehead atoms. The number of aliphatic hydroxyl groups is 1. The minimum Gasteiger partial charge on any atom is -0.494 e. The normalized spacial score (nSPS) is 17.6. The van der Waals surface area contributed by atoms with Crippen LogP contribution in [0.5, 0.6) is 5.75 Å². The van der Waals surface area contributed by atoms with Crippen LogP contribution in [0.4, 0.5) is 0 Å². The van der Waals surface area contributed by atoms with Crippen molar-refractivity contribution in [1.82, 2.24) is 0 Å². The first-order valence-corrected chi connectivity index (χ1v) is 6.10. The van der Waals surface area contributed by atoms with Crippen LogP contribution in [-0.4, -0.2) is 31.5 Å². The summed E-state index contributed by atoms with van der Waals surface area (Å²) in [6, 6.07) is 6.23. The molecule has 0 radical (unpaired) electrons. The van der Waals surface area contributed by atoms with E-state index in [1.807, 2.05) is 13.0 Å². The van der Waals surface area contributed by atoms with E-state index in [-0.39, 0.29) is 12.0 Å². The summed E-state index contributed by atoms with van der Waals surface area (Å²) in [5.41, 5.74) is 2.33. The van der Waals surface area contributed by atoms with Crippen molar-refractivity contribution < 1.29 is 14.6 Å². The first kappa shape index (κ1) is 12.4. The van der Waals surface area contributed by atoms with Crippen LogP contribution in [0.15, 0.2) is 18.2 Å². The molecule has 1 aromatic carbocycles. The summed E-state index contributed by atoms with van der Waals surface area (Å²) in [7, 11) is 0. The van der Waals surface area contributed by atoms with Crippen molar-refractivity contribution in [1.29, 1.82) is 0 Å². The van der Waals surface area contributed by atoms with Crippen LogP contribution in [0.3, 0.4) is 0 Å². The summed E-state index contributed by atoms with van der Waals surface area (Å²) in [5.74, 6) is 0.944. The number of aliphatic hydroxyl groups excluding tert-OH is 1. The molecule has 1 saturated heterocycles. The van der Waals surface area contributed by atoms with Gasteiger partial charge in [0.1, 0.15) is 5.75 Å². The van der Waals surface area contributed by atoms with Gasteiger partial charge in [-0.15, -0.1) is 0 Å². The summed E-state index contributed by atoms with van der Waals surface area (Å²) >= 11 is 0. The van der Waals surface area contributed by atoms with E-state index < -0.39 is 0 Å². The van der Waals surface area contributed by atoms with Crippen LogP contribution in [0.1, 0.15) is 18.1 Å². The fraction of sp³-hybridized carbons (Fsp3) is 0.571. The predicted molar refractivity (Wildman–Crippen MR) is 66.4 cm³/mol. The Balaban J connectivity index is 2.09. The number of ether oxygens (including phenoxy) is 2. The second-order valence-corrected chi connectivity index (χ2v) is 4.86. The second kappa shape index (κ2) is 5.07. The van der Waals surface area contributed by atoms with E-state index in [0.29, 0.717) is 19.8 Å². The standard InChI is InChI=1S/C14H20O3/c1-3-17-13-5-4-12(6-11(13)2)7-14(8-15)9-16-10-14/h4-6,15H,3,7-10H2,1-2H3. The Morgan fingerprint density at radius 3 is 2.65 bits per heavy atom. The van der Waals surface area contributed by atoms with E-state index in [2.05, 4.69) is 19.1 Å². The van der Waals surface area contributed by atoms with Gasteiger partial charge in [0.2, 0.25) is 0 Å². The number of hydrogen-bond donors (Lipinski definition) is 1. The van der Waals surface area contributed by atoms with Gasteiger partial charge in [0.15, 0.2) is 0 Å². The van der Waals surface area contributed by atoms with Crippen LogP contribution in [-0.2, 0) is 11.2 Å². The van der Waals surface area contributed by atoms with Crippen molar-refractivity contribution in [2.45, 2.75) is 20.3 Å². The van der Waals surface area contributed by atoms with Gasteiger partial charge in [0, 0.05) is 5.41 Å². The Hall–Kier alpha value is -1.06. The molecule has 94 valence electrons. The quantitative estimate of drug-likeness (QED) is 0.849. The third-order valence-electron chi connectivity index (χ3n) is 3.27. The summed E-state index contributed by atoms with van der Waals surface area (Å²) in [5, 5.41) is 9.40. The zero-order valence-corrected chi connectivity index (χ0v) is 10.5. The van der Waals surface area contributed by atoms with Crippen molar-refractivity contribution in [3.05, 3.63) is 29.3 Å². The van der Waals surface area contributed by atoms with E-state index in [9.17, 15) is 5.11 Å². The Kier molecular flexibility index (Phi) is 3.69. The monoisotopic (exact) mass is 236 g/mol. The highest BCUT2D eigenvalue weighted by molar-refractivity contribution is 5.36. The van der Waals surface area contributed by atoms with Crippen LogP contribution in [0, 0.1) is 12.3 Å². The smallest absolute Gasteiger partial charge is 0.122 e. The largest absolute Gasteiger partial charge is 0.494 e. The zero-order valence-electron chi connectivity index (χ0n) is 10.5. The number of rotatable bonds is 5. The molecule has 1 aliphatic rings. The lowest BCUT2D eigenvalue weighted by Gasteiger charge is -2.40. The molecule has 2 rings (SSSR count). The Morgan fingerprint density at radius 2 is 2.18 bits per heavy atom. The summed E-state index contributed by atoms with van der Waals surface area (Å²) in [6.45, 7) is 6.25. The van der Waals surface area contributed by atoms with Gasteiger partial charge in [-0.1, -0.05) is 12.1 Å². The van der Waals surface area contributed by atoms with Gasteiger partial charge in [-0.3, -0.25) is 0 Å². The van der Waals surface area contributed by atoms with Gasteiger partial charge in [0.25, 0.3) is 0 Å². The molecule has 0 amide bonds. The highest BCUT2D eigenvalue weighted by Gasteiger charge is 2.38. The van der Waals surface area contributed by atoms with Crippen molar-refractivity contribution in [2.24, 2.45) is 5.41 Å². The van der Waals surface area contributed by atoms with Gasteiger partial charge < -0.3 is 14.6 Å². The molecule has 3 nitrogen and oxygen atoms in total. The predicted octanol–water partition coefficient (Wildman–Crippen LogP) is 1.95. The topological polar surface area (TPSA) is 38.7 Å². The molecule has 1 fully saturated rings. The van der Waals surface area contributed by atoms with Gasteiger partial charge in [-0.2, -0.15) is 0 Å². The van der Waals surface area contributed by atoms with Crippen molar-refractivity contribution in [3.8, 4) is 5.75 Å². The van der Waals surface area contributed by atoms with E-state index >= 15 is 0 Å². The van der Waals surface area contributed by atoms with Gasteiger partial charge in [-0.05, 0) is 37.5 Å². The van der Waals surface area contributed by atoms with Gasteiger partial charge in [0.05, 0.1) is 26.4 Å². The molecule has 0 aromatic heterocycles. The third kappa shape index (κ3) is 2.61. The summed E-state index contributed by atoms with van der Waals surface area (Å²) in [6.07, 6.45) is 0.872. The van der Waals surface area contributed by atoms with Crippen molar-refractivity contribution >= 4 is 0 Å². The maximum absolute atomic E-state index is 9.40. The Morgan fingerprint density at radius 1 is 1.41 bits per heavy atom. The molecule has 0 atom stereocenters. The molecule has 1 aliphatic heterocycles. The fourth-order valence-electron chi connectivity index (χ4n) is 2.21. The minimum atomic E-state index is -0.0560. The molecule has 1 heterocycles. The maximum atomic E-state index is 9.40. The lowest BCUT2D eigenvalue weighted by molar-refractivity contribution is -0.136. The minimum absolute atomic E-state index is 0.0560. The molecule has 0 aliphatic carbocycles. The van der Waals surface area contributed by atoms with Crippen LogP contribution >= 0.6 is 0 Å². The van der Waals surface area contributed by atoms with Gasteiger partial charge in [-0.25, -0.2) is 0 Å². The second-order valence-electron chi connectivity index (χ2n) is 4.86. The Bertz CT molecular complexity index is 378. The van der Waals surface area contributed by atoms with Crippen LogP contribution in [0.2, 0.25) is 0 Å². The molecule has 1 aromatic rings. The molecule has 0 saturated carbocycles. The highest BCUT2D eigenvalue weighted by atomic mass is 16.5. The third-order valence-corrected chi connectivity index (χ3v) is 3.27. The number of aryl methyl sites for hydroxylation is 1. The van der Waals surface area contributed by atoms with Crippen LogP contribution < -0.4 is 4.74 Å². The van der Waals surface area contributed by atoms with Crippen LogP contribution in [0.25, 0.3) is 0 Å². The summed E-state index contributed by atoms with van der Waals surface area (Å²) in [4.78, 5) is 0. The van der Waals surface area contributed by atoms with E-state index in [4.69, 9.17) is 9.47 Å². The molecule has 0 unspecified atom stereocenters. The average molecular weight is 236 g/mol. The lowest BCUT2D eigenvalue weighted by Crippen LogP contribution is -2.47. The van der Waals surface area contributed by atoms with Crippen molar-refractivity contribution in [2.75, 3.05) is 26.4 Å². The molecular weight excluding hydrogens is 216 g/mol. The Labute approximate surface area is 102 Å².